The molecule has 0 saturated carbocycles. The first-order chi connectivity index (χ1) is 6.40. The molecule has 0 unspecified atom stereocenters. The molecule has 0 spiro atoms. The normalized spacial score (nSPS) is 10.1. The highest BCUT2D eigenvalue weighted by molar-refractivity contribution is 5.84. The standard InChI is InChI=1S/C10H20N2O2/c1-6-9(13)11(4)7-10(14)12(5)8(2)3/h8H,6-7H2,1-5H3. The molecule has 14 heavy (non-hydrogen) atoms. The molecule has 0 fully saturated rings. The second-order valence-corrected chi connectivity index (χ2v) is 3.70. The van der Waals surface area contributed by atoms with Crippen LogP contribution in [0.1, 0.15) is 27.2 Å². The molecule has 82 valence electrons. The Kier molecular flexibility index (Phi) is 5.20. The van der Waals surface area contributed by atoms with Crippen LogP contribution >= 0.6 is 0 Å². The summed E-state index contributed by atoms with van der Waals surface area (Å²) in [5, 5.41) is 0. The Morgan fingerprint density at radius 1 is 1.14 bits per heavy atom. The largest absolute Gasteiger partial charge is 0.342 e. The summed E-state index contributed by atoms with van der Waals surface area (Å²) in [5.41, 5.74) is 0. The highest BCUT2D eigenvalue weighted by Gasteiger charge is 2.16. The van der Waals surface area contributed by atoms with E-state index >= 15 is 0 Å². The lowest BCUT2D eigenvalue weighted by molar-refractivity contribution is -0.139. The number of carbonyl (C=O) groups is 2. The van der Waals surface area contributed by atoms with Gasteiger partial charge in [-0.1, -0.05) is 6.92 Å². The van der Waals surface area contributed by atoms with E-state index in [1.165, 1.54) is 4.90 Å². The summed E-state index contributed by atoms with van der Waals surface area (Å²) in [6, 6.07) is 0.174. The Morgan fingerprint density at radius 3 is 2.00 bits per heavy atom. The van der Waals surface area contributed by atoms with Crippen molar-refractivity contribution in [1.82, 2.24) is 9.80 Å². The Morgan fingerprint density at radius 2 is 1.64 bits per heavy atom. The maximum absolute atomic E-state index is 11.5. The van der Waals surface area contributed by atoms with E-state index in [-0.39, 0.29) is 24.4 Å². The molecule has 0 heterocycles. The van der Waals surface area contributed by atoms with E-state index in [0.717, 1.165) is 0 Å². The minimum atomic E-state index is -0.0238. The molecule has 0 radical (unpaired) electrons. The number of nitrogens with zero attached hydrogens (tertiary/aromatic N) is 2. The molecule has 2 amide bonds. The number of amides is 2. The fourth-order valence-corrected chi connectivity index (χ4v) is 0.961. The molecule has 0 aromatic carbocycles. The summed E-state index contributed by atoms with van der Waals surface area (Å²) >= 11 is 0. The van der Waals surface area contributed by atoms with E-state index in [0.29, 0.717) is 6.42 Å². The number of rotatable bonds is 4. The molecule has 0 aliphatic carbocycles. The van der Waals surface area contributed by atoms with Crippen LogP contribution in [0.25, 0.3) is 0 Å². The lowest BCUT2D eigenvalue weighted by atomic mass is 10.3. The van der Waals surface area contributed by atoms with Crippen molar-refractivity contribution in [2.75, 3.05) is 20.6 Å². The van der Waals surface area contributed by atoms with Gasteiger partial charge >= 0.3 is 0 Å². The minimum Gasteiger partial charge on any atom is -0.342 e. The maximum Gasteiger partial charge on any atom is 0.242 e. The summed E-state index contributed by atoms with van der Waals surface area (Å²) in [5.74, 6) is -0.0280. The zero-order chi connectivity index (χ0) is 11.3. The van der Waals surface area contributed by atoms with Crippen molar-refractivity contribution < 1.29 is 9.59 Å². The predicted octanol–water partition coefficient (Wildman–Crippen LogP) is 0.722. The SMILES string of the molecule is CCC(=O)N(C)CC(=O)N(C)C(C)C. The van der Waals surface area contributed by atoms with Crippen molar-refractivity contribution in [2.24, 2.45) is 0 Å². The number of hydrogen-bond donors (Lipinski definition) is 0. The van der Waals surface area contributed by atoms with Crippen LogP contribution in [-0.4, -0.2) is 48.3 Å². The van der Waals surface area contributed by atoms with Crippen LogP contribution in [-0.2, 0) is 9.59 Å². The van der Waals surface area contributed by atoms with Gasteiger partial charge in [0.1, 0.15) is 0 Å². The van der Waals surface area contributed by atoms with Crippen LogP contribution in [0.3, 0.4) is 0 Å². The van der Waals surface area contributed by atoms with Gasteiger partial charge in [0, 0.05) is 26.6 Å². The van der Waals surface area contributed by atoms with E-state index in [1.54, 1.807) is 25.9 Å². The van der Waals surface area contributed by atoms with Gasteiger partial charge < -0.3 is 9.80 Å². The molecule has 0 aromatic rings. The first-order valence-electron chi connectivity index (χ1n) is 4.89. The average molecular weight is 200 g/mol. The maximum atomic E-state index is 11.5. The van der Waals surface area contributed by atoms with Crippen molar-refractivity contribution in [1.29, 1.82) is 0 Å². The smallest absolute Gasteiger partial charge is 0.242 e. The van der Waals surface area contributed by atoms with Crippen LogP contribution in [0.15, 0.2) is 0 Å². The zero-order valence-corrected chi connectivity index (χ0v) is 9.70. The van der Waals surface area contributed by atoms with Crippen molar-refractivity contribution in [3.8, 4) is 0 Å². The van der Waals surface area contributed by atoms with Crippen molar-refractivity contribution in [3.05, 3.63) is 0 Å². The van der Waals surface area contributed by atoms with Gasteiger partial charge in [-0.3, -0.25) is 9.59 Å². The Hall–Kier alpha value is -1.06. The summed E-state index contributed by atoms with van der Waals surface area (Å²) in [7, 11) is 3.40. The van der Waals surface area contributed by atoms with Crippen LogP contribution < -0.4 is 0 Å². The molecule has 0 bridgehead atoms. The lowest BCUT2D eigenvalue weighted by Gasteiger charge is -2.24. The van der Waals surface area contributed by atoms with Gasteiger partial charge in [-0.25, -0.2) is 0 Å². The quantitative estimate of drug-likeness (QED) is 0.671. The third-order valence-corrected chi connectivity index (χ3v) is 2.27. The second kappa shape index (κ2) is 5.62. The van der Waals surface area contributed by atoms with Crippen LogP contribution in [0.4, 0.5) is 0 Å². The molecule has 0 aromatic heterocycles. The average Bonchev–Trinajstić information content (AvgIpc) is 2.14. The summed E-state index contributed by atoms with van der Waals surface area (Å²) in [4.78, 5) is 25.8. The summed E-state index contributed by atoms with van der Waals surface area (Å²) in [6.07, 6.45) is 0.440. The fraction of sp³-hybridized carbons (Fsp3) is 0.800. The molecule has 0 rings (SSSR count). The monoisotopic (exact) mass is 200 g/mol. The summed E-state index contributed by atoms with van der Waals surface area (Å²) < 4.78 is 0. The van der Waals surface area contributed by atoms with E-state index in [2.05, 4.69) is 0 Å². The third kappa shape index (κ3) is 3.77. The minimum absolute atomic E-state index is 0.00416. The van der Waals surface area contributed by atoms with Crippen molar-refractivity contribution >= 4 is 11.8 Å². The van der Waals surface area contributed by atoms with Gasteiger partial charge in [0.25, 0.3) is 0 Å². The van der Waals surface area contributed by atoms with Gasteiger partial charge in [-0.2, -0.15) is 0 Å². The van der Waals surface area contributed by atoms with E-state index < -0.39 is 0 Å². The molecule has 0 aliphatic rings. The topological polar surface area (TPSA) is 40.6 Å². The molecule has 0 saturated heterocycles. The number of carbonyl (C=O) groups excluding carboxylic acids is 2. The van der Waals surface area contributed by atoms with Crippen LogP contribution in [0, 0.1) is 0 Å². The third-order valence-electron chi connectivity index (χ3n) is 2.27. The number of likely N-dealkylation sites (N-methyl/N-ethyl adjacent to an activating group) is 2. The van der Waals surface area contributed by atoms with Gasteiger partial charge in [0.2, 0.25) is 11.8 Å². The zero-order valence-electron chi connectivity index (χ0n) is 9.70. The first-order valence-corrected chi connectivity index (χ1v) is 4.89. The van der Waals surface area contributed by atoms with Gasteiger partial charge in [-0.05, 0) is 13.8 Å². The Labute approximate surface area is 85.9 Å². The second-order valence-electron chi connectivity index (χ2n) is 3.70. The molecular formula is C10H20N2O2. The lowest BCUT2D eigenvalue weighted by Crippen LogP contribution is -2.41. The van der Waals surface area contributed by atoms with Crippen molar-refractivity contribution in [2.45, 2.75) is 33.2 Å². The number of hydrogen-bond acceptors (Lipinski definition) is 2. The van der Waals surface area contributed by atoms with Gasteiger partial charge in [0.15, 0.2) is 0 Å². The highest BCUT2D eigenvalue weighted by atomic mass is 16.2. The highest BCUT2D eigenvalue weighted by Crippen LogP contribution is 1.97. The molecule has 0 aliphatic heterocycles. The first kappa shape index (κ1) is 12.9. The van der Waals surface area contributed by atoms with E-state index in [4.69, 9.17) is 0 Å². The van der Waals surface area contributed by atoms with Gasteiger partial charge in [0.05, 0.1) is 6.54 Å². The fourth-order valence-electron chi connectivity index (χ4n) is 0.961. The molecular weight excluding hydrogens is 180 g/mol. The Balaban J connectivity index is 4.12. The summed E-state index contributed by atoms with van der Waals surface area (Å²) in [6.45, 7) is 5.84. The molecule has 4 heteroatoms. The van der Waals surface area contributed by atoms with E-state index in [9.17, 15) is 9.59 Å². The predicted molar refractivity (Wildman–Crippen MR) is 55.8 cm³/mol. The molecule has 4 nitrogen and oxygen atoms in total. The Bertz CT molecular complexity index is 214. The van der Waals surface area contributed by atoms with Crippen LogP contribution in [0.2, 0.25) is 0 Å². The molecule has 0 N–H and O–H groups in total. The van der Waals surface area contributed by atoms with Crippen molar-refractivity contribution in [3.63, 3.8) is 0 Å². The van der Waals surface area contributed by atoms with E-state index in [1.807, 2.05) is 13.8 Å². The molecule has 0 atom stereocenters. The van der Waals surface area contributed by atoms with Crippen LogP contribution in [0.5, 0.6) is 0 Å². The van der Waals surface area contributed by atoms with Gasteiger partial charge in [-0.15, -0.1) is 0 Å².